The fraction of sp³-hybridized carbons (Fsp3) is 0.300. The average Bonchev–Trinajstić information content (AvgIpc) is 2.24. The summed E-state index contributed by atoms with van der Waals surface area (Å²) in [4.78, 5) is 12.9. The van der Waals surface area contributed by atoms with E-state index in [4.69, 9.17) is 5.11 Å². The minimum Gasteiger partial charge on any atom is -0.480 e. The van der Waals surface area contributed by atoms with Crippen molar-refractivity contribution in [2.75, 3.05) is 6.26 Å². The Morgan fingerprint density at radius 3 is 2.41 bits per heavy atom. The Hall–Kier alpha value is -1.44. The highest BCUT2D eigenvalue weighted by Gasteiger charge is 2.18. The van der Waals surface area contributed by atoms with Crippen LogP contribution in [0.2, 0.25) is 0 Å². The van der Waals surface area contributed by atoms with E-state index in [2.05, 4.69) is 5.43 Å². The highest BCUT2D eigenvalue weighted by atomic mass is 32.2. The molecule has 0 heterocycles. The molecule has 0 bridgehead atoms. The number of rotatable bonds is 6. The maximum absolute atomic E-state index is 10.9. The molecular formula is C10H14N2O4S. The van der Waals surface area contributed by atoms with E-state index < -0.39 is 22.0 Å². The summed E-state index contributed by atoms with van der Waals surface area (Å²) >= 11 is 0. The molecule has 0 saturated carbocycles. The Kier molecular flexibility index (Phi) is 4.62. The summed E-state index contributed by atoms with van der Waals surface area (Å²) in [7, 11) is -3.47. The van der Waals surface area contributed by atoms with Crippen molar-refractivity contribution in [1.82, 2.24) is 10.3 Å². The van der Waals surface area contributed by atoms with E-state index >= 15 is 0 Å². The van der Waals surface area contributed by atoms with Gasteiger partial charge in [-0.2, -0.15) is 4.83 Å². The first kappa shape index (κ1) is 13.6. The van der Waals surface area contributed by atoms with E-state index in [1.165, 1.54) is 0 Å². The van der Waals surface area contributed by atoms with Crippen LogP contribution >= 0.6 is 0 Å². The van der Waals surface area contributed by atoms with Gasteiger partial charge in [-0.1, -0.05) is 30.3 Å². The van der Waals surface area contributed by atoms with Crippen LogP contribution < -0.4 is 10.3 Å². The van der Waals surface area contributed by atoms with Crippen molar-refractivity contribution in [3.8, 4) is 0 Å². The second-order valence-corrected chi connectivity index (χ2v) is 5.35. The normalized spacial score (nSPS) is 13.2. The highest BCUT2D eigenvalue weighted by molar-refractivity contribution is 7.88. The van der Waals surface area contributed by atoms with E-state index in [1.807, 2.05) is 10.9 Å². The van der Waals surface area contributed by atoms with E-state index in [-0.39, 0.29) is 6.42 Å². The maximum Gasteiger partial charge on any atom is 0.322 e. The van der Waals surface area contributed by atoms with Gasteiger partial charge in [-0.05, 0) is 12.0 Å². The zero-order chi connectivity index (χ0) is 12.9. The molecule has 0 saturated heterocycles. The van der Waals surface area contributed by atoms with Gasteiger partial charge in [0, 0.05) is 0 Å². The smallest absolute Gasteiger partial charge is 0.322 e. The third kappa shape index (κ3) is 5.43. The molecule has 1 atom stereocenters. The first-order valence-corrected chi connectivity index (χ1v) is 6.76. The number of sulfonamides is 1. The van der Waals surface area contributed by atoms with Gasteiger partial charge in [-0.25, -0.2) is 13.8 Å². The van der Waals surface area contributed by atoms with Crippen LogP contribution in [0.4, 0.5) is 0 Å². The number of carboxylic acids is 1. The van der Waals surface area contributed by atoms with Crippen molar-refractivity contribution in [3.63, 3.8) is 0 Å². The Morgan fingerprint density at radius 2 is 1.94 bits per heavy atom. The summed E-state index contributed by atoms with van der Waals surface area (Å²) in [5.41, 5.74) is 3.08. The molecule has 6 nitrogen and oxygen atoms in total. The van der Waals surface area contributed by atoms with Gasteiger partial charge in [-0.3, -0.25) is 4.79 Å². The number of nitrogens with one attached hydrogen (secondary N) is 2. The zero-order valence-corrected chi connectivity index (χ0v) is 10.1. The monoisotopic (exact) mass is 258 g/mol. The standard InChI is InChI=1S/C10H14N2O4S/c1-17(15,16)12-11-9(10(13)14)7-8-5-3-2-4-6-8/h2-6,9,11-12H,7H2,1H3,(H,13,14)/t9-/m0/s1. The largest absolute Gasteiger partial charge is 0.480 e. The van der Waals surface area contributed by atoms with Gasteiger partial charge in [0.25, 0.3) is 0 Å². The molecule has 1 rings (SSSR count). The maximum atomic E-state index is 10.9. The molecule has 1 aromatic rings. The summed E-state index contributed by atoms with van der Waals surface area (Å²) in [5.74, 6) is -1.12. The van der Waals surface area contributed by atoms with E-state index in [9.17, 15) is 13.2 Å². The molecule has 94 valence electrons. The summed E-state index contributed by atoms with van der Waals surface area (Å²) in [6.45, 7) is 0. The summed E-state index contributed by atoms with van der Waals surface area (Å²) in [6.07, 6.45) is 1.14. The lowest BCUT2D eigenvalue weighted by atomic mass is 10.1. The quantitative estimate of drug-likeness (QED) is 0.611. The predicted molar refractivity (Wildman–Crippen MR) is 62.7 cm³/mol. The van der Waals surface area contributed by atoms with Crippen molar-refractivity contribution >= 4 is 16.0 Å². The zero-order valence-electron chi connectivity index (χ0n) is 9.25. The van der Waals surface area contributed by atoms with Crippen LogP contribution in [0, 0.1) is 0 Å². The molecule has 3 N–H and O–H groups in total. The van der Waals surface area contributed by atoms with Crippen LogP contribution in [0.1, 0.15) is 5.56 Å². The molecule has 0 radical (unpaired) electrons. The first-order chi connectivity index (χ1) is 7.88. The SMILES string of the molecule is CS(=O)(=O)NN[C@@H](Cc1ccccc1)C(=O)O. The van der Waals surface area contributed by atoms with Gasteiger partial charge in [0.15, 0.2) is 0 Å². The van der Waals surface area contributed by atoms with Crippen molar-refractivity contribution < 1.29 is 18.3 Å². The number of benzene rings is 1. The molecule has 0 aliphatic carbocycles. The van der Waals surface area contributed by atoms with E-state index in [0.29, 0.717) is 0 Å². The Balaban J connectivity index is 2.65. The molecule has 0 amide bonds. The van der Waals surface area contributed by atoms with Gasteiger partial charge in [0.05, 0.1) is 6.26 Å². The second kappa shape index (κ2) is 5.76. The molecule has 17 heavy (non-hydrogen) atoms. The Morgan fingerprint density at radius 1 is 1.35 bits per heavy atom. The molecular weight excluding hydrogens is 244 g/mol. The number of aliphatic carboxylic acids is 1. The van der Waals surface area contributed by atoms with Gasteiger partial charge in [0.1, 0.15) is 6.04 Å². The lowest BCUT2D eigenvalue weighted by Crippen LogP contribution is -2.48. The topological polar surface area (TPSA) is 95.5 Å². The van der Waals surface area contributed by atoms with Crippen LogP contribution in [0.15, 0.2) is 30.3 Å². The lowest BCUT2D eigenvalue weighted by molar-refractivity contribution is -0.139. The highest BCUT2D eigenvalue weighted by Crippen LogP contribution is 2.02. The lowest BCUT2D eigenvalue weighted by Gasteiger charge is -2.14. The molecule has 0 fully saturated rings. The predicted octanol–water partition coefficient (Wildman–Crippen LogP) is -0.264. The summed E-state index contributed by atoms with van der Waals surface area (Å²) in [6, 6.07) is 7.95. The Labute approximate surface area is 99.7 Å². The van der Waals surface area contributed by atoms with Crippen LogP contribution in [-0.4, -0.2) is 31.8 Å². The van der Waals surface area contributed by atoms with E-state index in [1.54, 1.807) is 24.3 Å². The molecule has 0 aromatic heterocycles. The Bertz CT molecular complexity index is 472. The van der Waals surface area contributed by atoms with Crippen molar-refractivity contribution in [2.45, 2.75) is 12.5 Å². The average molecular weight is 258 g/mol. The molecule has 0 unspecified atom stereocenters. The van der Waals surface area contributed by atoms with Crippen LogP contribution in [-0.2, 0) is 21.2 Å². The fourth-order valence-electron chi connectivity index (χ4n) is 1.23. The van der Waals surface area contributed by atoms with Gasteiger partial charge < -0.3 is 5.11 Å². The number of hydrogen-bond acceptors (Lipinski definition) is 4. The fourth-order valence-corrected chi connectivity index (χ4v) is 1.58. The third-order valence-electron chi connectivity index (χ3n) is 2.00. The minimum absolute atomic E-state index is 0.193. The number of hydrogen-bond donors (Lipinski definition) is 3. The third-order valence-corrected chi connectivity index (χ3v) is 2.49. The molecule has 7 heteroatoms. The molecule has 0 aliphatic rings. The van der Waals surface area contributed by atoms with Crippen LogP contribution in [0.5, 0.6) is 0 Å². The van der Waals surface area contributed by atoms with Gasteiger partial charge in [-0.15, -0.1) is 0 Å². The second-order valence-electron chi connectivity index (χ2n) is 3.60. The van der Waals surface area contributed by atoms with Crippen molar-refractivity contribution in [3.05, 3.63) is 35.9 Å². The number of carbonyl (C=O) groups is 1. The summed E-state index contributed by atoms with van der Waals surface area (Å²) in [5, 5.41) is 8.93. The molecule has 0 aliphatic heterocycles. The summed E-state index contributed by atoms with van der Waals surface area (Å²) < 4.78 is 21.7. The van der Waals surface area contributed by atoms with Crippen molar-refractivity contribution in [1.29, 1.82) is 0 Å². The van der Waals surface area contributed by atoms with Crippen LogP contribution in [0.25, 0.3) is 0 Å². The molecule has 1 aromatic carbocycles. The van der Waals surface area contributed by atoms with Gasteiger partial charge in [0.2, 0.25) is 10.0 Å². The van der Waals surface area contributed by atoms with Gasteiger partial charge >= 0.3 is 5.97 Å². The van der Waals surface area contributed by atoms with Crippen molar-refractivity contribution in [2.24, 2.45) is 0 Å². The van der Waals surface area contributed by atoms with E-state index in [0.717, 1.165) is 11.8 Å². The number of carboxylic acid groups (broad SMARTS) is 1. The molecule has 0 spiro atoms. The minimum atomic E-state index is -3.47. The first-order valence-electron chi connectivity index (χ1n) is 4.87. The number of hydrazine groups is 1. The van der Waals surface area contributed by atoms with Crippen LogP contribution in [0.3, 0.4) is 0 Å².